The van der Waals surface area contributed by atoms with Crippen molar-refractivity contribution in [1.29, 1.82) is 0 Å². The van der Waals surface area contributed by atoms with Crippen molar-refractivity contribution in [2.75, 3.05) is 13.1 Å². The maximum atomic E-state index is 13.1. The highest BCUT2D eigenvalue weighted by atomic mass is 35.5. The molecule has 36 heavy (non-hydrogen) atoms. The van der Waals surface area contributed by atoms with Crippen LogP contribution in [0, 0.1) is 5.82 Å². The van der Waals surface area contributed by atoms with Crippen molar-refractivity contribution in [1.82, 2.24) is 15.4 Å². The zero-order valence-corrected chi connectivity index (χ0v) is 22.7. The van der Waals surface area contributed by atoms with Gasteiger partial charge in [-0.05, 0) is 48.6 Å². The number of thiophene rings is 1. The molecule has 3 rings (SSSR count). The van der Waals surface area contributed by atoms with E-state index in [-0.39, 0.29) is 29.4 Å². The highest BCUT2D eigenvalue weighted by Gasteiger charge is 2.24. The molecule has 0 spiro atoms. The van der Waals surface area contributed by atoms with E-state index < -0.39 is 38.5 Å². The highest BCUT2D eigenvalue weighted by molar-refractivity contribution is 7.89. The number of carbonyl (C=O) groups excluding carboxylic acids is 2. The molecule has 2 aromatic carbocycles. The van der Waals surface area contributed by atoms with Crippen molar-refractivity contribution in [3.8, 4) is 0 Å². The van der Waals surface area contributed by atoms with E-state index in [4.69, 9.17) is 34.8 Å². The second kappa shape index (κ2) is 13.0. The Hall–Kier alpha value is -1.95. The van der Waals surface area contributed by atoms with Crippen molar-refractivity contribution in [2.45, 2.75) is 35.0 Å². The third-order valence-corrected chi connectivity index (χ3v) is 8.48. The molecule has 2 amide bonds. The molecular weight excluding hydrogens is 572 g/mol. The Labute approximate surface area is 227 Å². The van der Waals surface area contributed by atoms with Crippen LogP contribution in [0.25, 0.3) is 10.1 Å². The summed E-state index contributed by atoms with van der Waals surface area (Å²) in [7, 11) is -3.90. The number of fused-ring (bicyclic) bond motifs is 1. The summed E-state index contributed by atoms with van der Waals surface area (Å²) in [5.74, 6) is -1.49. The van der Waals surface area contributed by atoms with Gasteiger partial charge in [0.15, 0.2) is 0 Å². The van der Waals surface area contributed by atoms with Gasteiger partial charge >= 0.3 is 0 Å². The zero-order chi connectivity index (χ0) is 26.3. The van der Waals surface area contributed by atoms with E-state index in [0.29, 0.717) is 17.7 Å². The fraction of sp³-hybridized carbons (Fsp3) is 0.304. The summed E-state index contributed by atoms with van der Waals surface area (Å²) in [6.07, 6.45) is 0.877. The molecule has 0 fully saturated rings. The number of hydrogen-bond acceptors (Lipinski definition) is 5. The molecule has 0 saturated heterocycles. The third kappa shape index (κ3) is 8.03. The molecule has 0 radical (unpaired) electrons. The Morgan fingerprint density at radius 3 is 2.44 bits per heavy atom. The predicted molar refractivity (Wildman–Crippen MR) is 142 cm³/mol. The smallest absolute Gasteiger partial charge is 0.262 e. The van der Waals surface area contributed by atoms with Gasteiger partial charge in [-0.15, -0.1) is 34.5 Å². The molecule has 0 unspecified atom stereocenters. The van der Waals surface area contributed by atoms with Crippen LogP contribution in [0.3, 0.4) is 0 Å². The number of amides is 2. The Balaban J connectivity index is 1.47. The van der Waals surface area contributed by atoms with Crippen molar-refractivity contribution in [3.63, 3.8) is 0 Å². The van der Waals surface area contributed by atoms with Crippen LogP contribution >= 0.6 is 46.1 Å². The summed E-state index contributed by atoms with van der Waals surface area (Å²) in [6, 6.07) is 11.4. The van der Waals surface area contributed by atoms with Gasteiger partial charge in [0.25, 0.3) is 5.91 Å². The monoisotopic (exact) mass is 593 g/mol. The summed E-state index contributed by atoms with van der Waals surface area (Å²) >= 11 is 18.9. The van der Waals surface area contributed by atoms with Gasteiger partial charge < -0.3 is 10.6 Å². The van der Waals surface area contributed by atoms with Crippen LogP contribution in [0.2, 0.25) is 5.02 Å². The second-order valence-corrected chi connectivity index (χ2v) is 12.3. The molecule has 13 heteroatoms. The average Bonchev–Trinajstić information content (AvgIpc) is 3.24. The van der Waals surface area contributed by atoms with E-state index in [1.165, 1.54) is 11.3 Å². The van der Waals surface area contributed by atoms with Crippen LogP contribution in [-0.2, 0) is 14.8 Å². The molecule has 1 atom stereocenters. The molecule has 0 aliphatic carbocycles. The number of halogens is 4. The second-order valence-electron chi connectivity index (χ2n) is 7.77. The molecule has 1 heterocycles. The van der Waals surface area contributed by atoms with Crippen molar-refractivity contribution < 1.29 is 22.4 Å². The minimum absolute atomic E-state index is 0.0177. The number of alkyl halides is 2. The van der Waals surface area contributed by atoms with Crippen LogP contribution < -0.4 is 15.4 Å². The Bertz CT molecular complexity index is 1300. The minimum atomic E-state index is -3.90. The van der Waals surface area contributed by atoms with Gasteiger partial charge in [0.05, 0.1) is 9.90 Å². The maximum absolute atomic E-state index is 13.1. The fourth-order valence-electron chi connectivity index (χ4n) is 3.30. The van der Waals surface area contributed by atoms with Crippen LogP contribution in [-0.4, -0.2) is 44.2 Å². The van der Waals surface area contributed by atoms with E-state index in [2.05, 4.69) is 15.4 Å². The number of sulfonamides is 1. The lowest BCUT2D eigenvalue weighted by atomic mass is 10.2. The predicted octanol–water partition coefficient (Wildman–Crippen LogP) is 4.86. The molecule has 0 saturated carbocycles. The number of nitrogens with one attached hydrogen (secondary N) is 3. The summed E-state index contributed by atoms with van der Waals surface area (Å²) < 4.78 is 41.1. The first-order chi connectivity index (χ1) is 17.1. The SMILES string of the molecule is O=C(N[C@H](CC(Cl)Cl)C(=O)NCCCCNS(=O)(=O)c1ccc(F)cc1Cl)c1cc2ccccc2s1. The molecule has 3 aromatic rings. The molecule has 0 bridgehead atoms. The quantitative estimate of drug-likeness (QED) is 0.206. The molecule has 0 aliphatic rings. The molecule has 1 aromatic heterocycles. The zero-order valence-electron chi connectivity index (χ0n) is 18.8. The molecular formula is C23H23Cl3FN3O4S2. The molecule has 3 N–H and O–H groups in total. The Morgan fingerprint density at radius 1 is 1.03 bits per heavy atom. The first kappa shape index (κ1) is 28.6. The summed E-state index contributed by atoms with van der Waals surface area (Å²) in [6.45, 7) is 0.325. The van der Waals surface area contributed by atoms with E-state index >= 15 is 0 Å². The van der Waals surface area contributed by atoms with Crippen molar-refractivity contribution in [3.05, 3.63) is 64.2 Å². The molecule has 7 nitrogen and oxygen atoms in total. The highest BCUT2D eigenvalue weighted by Crippen LogP contribution is 2.25. The van der Waals surface area contributed by atoms with E-state index in [1.54, 1.807) is 6.07 Å². The number of hydrogen-bond donors (Lipinski definition) is 3. The average molecular weight is 595 g/mol. The normalized spacial score (nSPS) is 12.6. The van der Waals surface area contributed by atoms with E-state index in [1.807, 2.05) is 24.3 Å². The van der Waals surface area contributed by atoms with Gasteiger partial charge in [-0.2, -0.15) is 0 Å². The summed E-state index contributed by atoms with van der Waals surface area (Å²) in [4.78, 5) is 24.8. The first-order valence-corrected chi connectivity index (χ1v) is 14.4. The van der Waals surface area contributed by atoms with Crippen LogP contribution in [0.5, 0.6) is 0 Å². The Kier molecular flexibility index (Phi) is 10.4. The van der Waals surface area contributed by atoms with Gasteiger partial charge in [-0.1, -0.05) is 29.8 Å². The Morgan fingerprint density at radius 2 is 1.75 bits per heavy atom. The van der Waals surface area contributed by atoms with Gasteiger partial charge in [0.2, 0.25) is 15.9 Å². The summed E-state index contributed by atoms with van der Waals surface area (Å²) in [5, 5.41) is 6.11. The van der Waals surface area contributed by atoms with Crippen LogP contribution in [0.1, 0.15) is 28.9 Å². The van der Waals surface area contributed by atoms with Gasteiger partial charge in [0.1, 0.15) is 21.6 Å². The largest absolute Gasteiger partial charge is 0.354 e. The third-order valence-electron chi connectivity index (χ3n) is 5.06. The topological polar surface area (TPSA) is 104 Å². The summed E-state index contributed by atoms with van der Waals surface area (Å²) in [5.41, 5.74) is 0. The van der Waals surface area contributed by atoms with Gasteiger partial charge in [-0.25, -0.2) is 17.5 Å². The van der Waals surface area contributed by atoms with Crippen LogP contribution in [0.15, 0.2) is 53.4 Å². The molecule has 194 valence electrons. The minimum Gasteiger partial charge on any atom is -0.354 e. The van der Waals surface area contributed by atoms with Crippen LogP contribution in [0.4, 0.5) is 4.39 Å². The van der Waals surface area contributed by atoms with Gasteiger partial charge in [0, 0.05) is 24.2 Å². The van der Waals surface area contributed by atoms with Gasteiger partial charge in [-0.3, -0.25) is 9.59 Å². The number of benzene rings is 2. The maximum Gasteiger partial charge on any atom is 0.262 e. The standard InChI is InChI=1S/C23H23Cl3FN3O4S2/c24-16-12-15(27)7-8-20(16)36(33,34)29-10-4-3-9-28-22(31)17(13-21(25)26)30-23(32)19-11-14-5-1-2-6-18(14)35-19/h1-2,5-8,11-12,17,21,29H,3-4,9-10,13H2,(H,28,31)(H,30,32)/t17-/m1/s1. The lowest BCUT2D eigenvalue weighted by Crippen LogP contribution is -2.47. The molecule has 0 aliphatic heterocycles. The van der Waals surface area contributed by atoms with E-state index in [9.17, 15) is 22.4 Å². The first-order valence-electron chi connectivity index (χ1n) is 10.9. The number of rotatable bonds is 12. The number of unbranched alkanes of at least 4 members (excludes halogenated alkanes) is 1. The van der Waals surface area contributed by atoms with Crippen molar-refractivity contribution in [2.24, 2.45) is 0 Å². The lowest BCUT2D eigenvalue weighted by Gasteiger charge is -2.18. The number of carbonyl (C=O) groups is 2. The lowest BCUT2D eigenvalue weighted by molar-refractivity contribution is -0.123. The van der Waals surface area contributed by atoms with Crippen molar-refractivity contribution >= 4 is 78.1 Å². The fourth-order valence-corrected chi connectivity index (χ4v) is 6.22. The van der Waals surface area contributed by atoms with E-state index in [0.717, 1.165) is 28.3 Å².